The fraction of sp³-hybridized carbons (Fsp3) is 0.370. The zero-order valence-corrected chi connectivity index (χ0v) is 18.9. The zero-order valence-electron chi connectivity index (χ0n) is 18.9. The van der Waals surface area contributed by atoms with Gasteiger partial charge >= 0.3 is 17.9 Å². The summed E-state index contributed by atoms with van der Waals surface area (Å²) in [5.74, 6) is -3.10. The molecule has 2 aromatic carbocycles. The van der Waals surface area contributed by atoms with Crippen LogP contribution in [0.25, 0.3) is 0 Å². The van der Waals surface area contributed by atoms with Crippen LogP contribution in [-0.4, -0.2) is 43.8 Å². The van der Waals surface area contributed by atoms with Gasteiger partial charge in [-0.05, 0) is 29.2 Å². The lowest BCUT2D eigenvalue weighted by Gasteiger charge is -2.53. The molecule has 1 saturated heterocycles. The quantitative estimate of drug-likeness (QED) is 0.245. The van der Waals surface area contributed by atoms with Gasteiger partial charge in [-0.15, -0.1) is 0 Å². The smallest absolute Gasteiger partial charge is 0.330 e. The number of carbonyl (C=O) groups excluding carboxylic acids is 3. The second-order valence-electron chi connectivity index (χ2n) is 8.85. The lowest BCUT2D eigenvalue weighted by molar-refractivity contribution is -0.160. The van der Waals surface area contributed by atoms with Gasteiger partial charge in [0.25, 0.3) is 0 Å². The Morgan fingerprint density at radius 1 is 1.06 bits per heavy atom. The molecule has 2 bridgehead atoms. The highest BCUT2D eigenvalue weighted by Crippen LogP contribution is 2.64. The van der Waals surface area contributed by atoms with Gasteiger partial charge in [0, 0.05) is 18.4 Å². The third-order valence-corrected chi connectivity index (χ3v) is 6.92. The van der Waals surface area contributed by atoms with E-state index in [4.69, 9.17) is 18.9 Å². The second-order valence-corrected chi connectivity index (χ2v) is 8.85. The van der Waals surface area contributed by atoms with E-state index in [1.54, 1.807) is 0 Å². The van der Waals surface area contributed by atoms with E-state index in [9.17, 15) is 14.4 Å². The number of esters is 3. The van der Waals surface area contributed by atoms with Crippen molar-refractivity contribution in [1.29, 1.82) is 0 Å². The molecule has 1 aliphatic heterocycles. The Labute approximate surface area is 197 Å². The van der Waals surface area contributed by atoms with Crippen LogP contribution in [0.3, 0.4) is 0 Å². The summed E-state index contributed by atoms with van der Waals surface area (Å²) < 4.78 is 22.6. The Kier molecular flexibility index (Phi) is 5.83. The van der Waals surface area contributed by atoms with Gasteiger partial charge < -0.3 is 18.9 Å². The Morgan fingerprint density at radius 2 is 1.71 bits per heavy atom. The van der Waals surface area contributed by atoms with Crippen LogP contribution >= 0.6 is 0 Å². The Balaban J connectivity index is 1.42. The van der Waals surface area contributed by atoms with Gasteiger partial charge in [-0.3, -0.25) is 9.59 Å². The first-order chi connectivity index (χ1) is 16.5. The van der Waals surface area contributed by atoms with Gasteiger partial charge in [0.05, 0.1) is 31.8 Å². The first kappa shape index (κ1) is 22.5. The molecule has 0 radical (unpaired) electrons. The molecule has 0 N–H and O–H groups in total. The maximum atomic E-state index is 13.0. The van der Waals surface area contributed by atoms with Gasteiger partial charge in [-0.2, -0.15) is 0 Å². The molecule has 0 spiro atoms. The van der Waals surface area contributed by atoms with E-state index >= 15 is 0 Å². The maximum Gasteiger partial charge on any atom is 0.330 e. The first-order valence-electron chi connectivity index (χ1n) is 11.5. The monoisotopic (exact) mass is 462 g/mol. The molecular weight excluding hydrogens is 436 g/mol. The molecule has 4 aliphatic rings. The average Bonchev–Trinajstić information content (AvgIpc) is 3.17. The van der Waals surface area contributed by atoms with Crippen LogP contribution in [0.2, 0.25) is 0 Å². The number of rotatable bonds is 9. The summed E-state index contributed by atoms with van der Waals surface area (Å²) in [7, 11) is 0. The zero-order chi connectivity index (χ0) is 23.9. The van der Waals surface area contributed by atoms with Crippen LogP contribution in [-0.2, 0) is 38.9 Å². The van der Waals surface area contributed by atoms with E-state index in [2.05, 4.69) is 6.58 Å². The van der Waals surface area contributed by atoms with Crippen LogP contribution in [0, 0.1) is 11.8 Å². The topological polar surface area (TPSA) is 88.1 Å². The van der Waals surface area contributed by atoms with Crippen LogP contribution in [0.15, 0.2) is 61.2 Å². The van der Waals surface area contributed by atoms with Crippen molar-refractivity contribution in [1.82, 2.24) is 0 Å². The molecule has 1 fully saturated rings. The van der Waals surface area contributed by atoms with Crippen LogP contribution in [0.1, 0.15) is 41.5 Å². The summed E-state index contributed by atoms with van der Waals surface area (Å²) in [6, 6.07) is 15.7. The highest BCUT2D eigenvalue weighted by atomic mass is 16.6. The number of benzene rings is 2. The molecule has 3 aliphatic carbocycles. The predicted molar refractivity (Wildman–Crippen MR) is 121 cm³/mol. The largest absolute Gasteiger partial charge is 0.462 e. The number of carbonyl (C=O) groups is 3. The van der Waals surface area contributed by atoms with Crippen molar-refractivity contribution >= 4 is 17.9 Å². The molecule has 0 saturated carbocycles. The SMILES string of the molecule is C=CC(=O)OCCCOC(C)COC12c3ccccc3C(c3ccccc31)C1C(=O)OC(=O)C12. The summed E-state index contributed by atoms with van der Waals surface area (Å²) in [6.45, 7) is 6.06. The van der Waals surface area contributed by atoms with E-state index in [0.717, 1.165) is 28.3 Å². The molecular formula is C27H26O7. The first-order valence-corrected chi connectivity index (χ1v) is 11.5. The average molecular weight is 462 g/mol. The summed E-state index contributed by atoms with van der Waals surface area (Å²) in [4.78, 5) is 37.0. The highest BCUT2D eigenvalue weighted by Gasteiger charge is 2.68. The highest BCUT2D eigenvalue weighted by molar-refractivity contribution is 6.00. The Morgan fingerprint density at radius 3 is 2.35 bits per heavy atom. The minimum Gasteiger partial charge on any atom is -0.462 e. The molecule has 1 heterocycles. The van der Waals surface area contributed by atoms with E-state index in [-0.39, 0.29) is 25.2 Å². The summed E-state index contributed by atoms with van der Waals surface area (Å²) >= 11 is 0. The van der Waals surface area contributed by atoms with Crippen molar-refractivity contribution in [2.24, 2.45) is 11.8 Å². The van der Waals surface area contributed by atoms with Gasteiger partial charge in [-0.25, -0.2) is 4.79 Å². The lowest BCUT2D eigenvalue weighted by Crippen LogP contribution is -2.55. The van der Waals surface area contributed by atoms with Crippen LogP contribution < -0.4 is 0 Å². The Bertz CT molecular complexity index is 1110. The van der Waals surface area contributed by atoms with Gasteiger partial charge in [-0.1, -0.05) is 55.1 Å². The molecule has 0 aromatic heterocycles. The van der Waals surface area contributed by atoms with Crippen LogP contribution in [0.5, 0.6) is 0 Å². The van der Waals surface area contributed by atoms with Crippen molar-refractivity contribution in [3.63, 3.8) is 0 Å². The molecule has 7 nitrogen and oxygen atoms in total. The maximum absolute atomic E-state index is 13.0. The number of hydrogen-bond acceptors (Lipinski definition) is 7. The summed E-state index contributed by atoms with van der Waals surface area (Å²) in [5.41, 5.74) is 2.65. The van der Waals surface area contributed by atoms with E-state index in [0.29, 0.717) is 13.0 Å². The Hall–Kier alpha value is -3.29. The van der Waals surface area contributed by atoms with Crippen molar-refractivity contribution in [3.8, 4) is 0 Å². The van der Waals surface area contributed by atoms with Crippen molar-refractivity contribution in [3.05, 3.63) is 83.4 Å². The number of ether oxygens (including phenoxy) is 4. The van der Waals surface area contributed by atoms with Gasteiger partial charge in [0.2, 0.25) is 0 Å². The van der Waals surface area contributed by atoms with Crippen molar-refractivity contribution in [2.75, 3.05) is 19.8 Å². The van der Waals surface area contributed by atoms with Gasteiger partial charge in [0.1, 0.15) is 11.5 Å². The number of cyclic esters (lactones) is 2. The molecule has 34 heavy (non-hydrogen) atoms. The molecule has 7 heteroatoms. The molecule has 0 amide bonds. The van der Waals surface area contributed by atoms with Gasteiger partial charge in [0.15, 0.2) is 0 Å². The predicted octanol–water partition coefficient (Wildman–Crippen LogP) is 3.25. The molecule has 3 unspecified atom stereocenters. The van der Waals surface area contributed by atoms with E-state index < -0.39 is 35.3 Å². The van der Waals surface area contributed by atoms with E-state index in [1.807, 2.05) is 55.5 Å². The summed E-state index contributed by atoms with van der Waals surface area (Å²) in [5, 5.41) is 0. The number of hydrogen-bond donors (Lipinski definition) is 0. The fourth-order valence-electron chi connectivity index (χ4n) is 5.63. The van der Waals surface area contributed by atoms with E-state index in [1.165, 1.54) is 0 Å². The third kappa shape index (κ3) is 3.38. The van der Waals surface area contributed by atoms with Crippen LogP contribution in [0.4, 0.5) is 0 Å². The minimum atomic E-state index is -1.13. The molecule has 176 valence electrons. The molecule has 3 atom stereocenters. The normalized spacial score (nSPS) is 26.8. The second kappa shape index (κ2) is 8.81. The summed E-state index contributed by atoms with van der Waals surface area (Å²) in [6.07, 6.45) is 1.36. The fourth-order valence-corrected chi connectivity index (χ4v) is 5.63. The van der Waals surface area contributed by atoms with Crippen molar-refractivity contribution < 1.29 is 33.3 Å². The lowest BCUT2D eigenvalue weighted by atomic mass is 9.52. The molecule has 6 rings (SSSR count). The third-order valence-electron chi connectivity index (χ3n) is 6.92. The molecule has 2 aromatic rings. The van der Waals surface area contributed by atoms with Crippen molar-refractivity contribution in [2.45, 2.75) is 31.0 Å². The minimum absolute atomic E-state index is 0.199. The standard InChI is InChI=1S/C27H26O7/c1-3-21(28)32-14-8-13-31-16(2)15-33-27-19-11-6-4-9-17(19)22(18-10-5-7-12-20(18)27)23-24(27)26(30)34-25(23)29/h3-7,9-12,16,22-24H,1,8,13-15H2,2H3.